The van der Waals surface area contributed by atoms with Gasteiger partial charge in [-0.15, -0.1) is 0 Å². The number of sulfonamides is 1. The molecular weight excluding hydrogens is 391 g/mol. The number of amides is 1. The molecule has 0 saturated heterocycles. The summed E-state index contributed by atoms with van der Waals surface area (Å²) < 4.78 is 40.0. The Labute approximate surface area is 163 Å². The zero-order valence-corrected chi connectivity index (χ0v) is 16.4. The first-order valence-corrected chi connectivity index (χ1v) is 10.7. The molecule has 5 nitrogen and oxygen atoms in total. The van der Waals surface area contributed by atoms with Crippen LogP contribution in [0.2, 0.25) is 5.02 Å². The van der Waals surface area contributed by atoms with Crippen molar-refractivity contribution in [3.63, 3.8) is 0 Å². The molecule has 0 spiro atoms. The molecular formula is C19H20ClFN2O3S. The Morgan fingerprint density at radius 2 is 2.04 bits per heavy atom. The van der Waals surface area contributed by atoms with Crippen LogP contribution in [-0.2, 0) is 23.0 Å². The lowest BCUT2D eigenvalue weighted by molar-refractivity contribution is 0.102. The summed E-state index contributed by atoms with van der Waals surface area (Å²) in [6.45, 7) is 2.55. The van der Waals surface area contributed by atoms with Gasteiger partial charge in [0.25, 0.3) is 5.91 Å². The van der Waals surface area contributed by atoms with E-state index < -0.39 is 21.7 Å². The minimum atomic E-state index is -3.29. The molecule has 1 heterocycles. The maximum absolute atomic E-state index is 13.9. The van der Waals surface area contributed by atoms with Crippen molar-refractivity contribution in [1.82, 2.24) is 4.31 Å². The molecule has 1 amide bonds. The quantitative estimate of drug-likeness (QED) is 0.814. The molecule has 1 N–H and O–H groups in total. The smallest absolute Gasteiger partial charge is 0.260 e. The summed E-state index contributed by atoms with van der Waals surface area (Å²) in [6.07, 6.45) is 1.18. The van der Waals surface area contributed by atoms with Gasteiger partial charge in [0.15, 0.2) is 0 Å². The summed E-state index contributed by atoms with van der Waals surface area (Å²) in [6, 6.07) is 9.36. The second-order valence-corrected chi connectivity index (χ2v) is 8.93. The number of fused-ring (bicyclic) bond motifs is 1. The highest BCUT2D eigenvalue weighted by molar-refractivity contribution is 7.89. The third-order valence-corrected chi connectivity index (χ3v) is 6.82. The average Bonchev–Trinajstić information content (AvgIpc) is 2.61. The van der Waals surface area contributed by atoms with Crippen molar-refractivity contribution in [1.29, 1.82) is 0 Å². The van der Waals surface area contributed by atoms with E-state index in [-0.39, 0.29) is 22.9 Å². The van der Waals surface area contributed by atoms with Crippen LogP contribution in [0.4, 0.5) is 10.1 Å². The van der Waals surface area contributed by atoms with E-state index in [1.165, 1.54) is 22.5 Å². The third kappa shape index (κ3) is 4.31. The van der Waals surface area contributed by atoms with E-state index in [4.69, 9.17) is 11.6 Å². The normalized spacial score (nSPS) is 14.6. The summed E-state index contributed by atoms with van der Waals surface area (Å²) in [5.74, 6) is -1.23. The van der Waals surface area contributed by atoms with Crippen LogP contribution in [0.15, 0.2) is 36.4 Å². The Hall–Kier alpha value is -1.96. The standard InChI is InChI=1S/C19H20ClFN2O3S/c1-2-10-27(25,26)23-9-8-13-6-7-15(11-14(13)12-23)22-19(24)18-16(20)4-3-5-17(18)21/h3-7,11H,2,8-10,12H2,1H3,(H,22,24). The number of hydrogen-bond donors (Lipinski definition) is 1. The highest BCUT2D eigenvalue weighted by Crippen LogP contribution is 2.26. The summed E-state index contributed by atoms with van der Waals surface area (Å²) in [4.78, 5) is 12.4. The van der Waals surface area contributed by atoms with Gasteiger partial charge in [-0.2, -0.15) is 4.31 Å². The molecule has 144 valence electrons. The summed E-state index contributed by atoms with van der Waals surface area (Å²) in [5.41, 5.74) is 2.12. The number of rotatable bonds is 5. The maximum Gasteiger partial charge on any atom is 0.260 e. The van der Waals surface area contributed by atoms with Crippen molar-refractivity contribution in [3.8, 4) is 0 Å². The predicted molar refractivity (Wildman–Crippen MR) is 104 cm³/mol. The number of carbonyl (C=O) groups is 1. The van der Waals surface area contributed by atoms with Crippen LogP contribution in [0.5, 0.6) is 0 Å². The lowest BCUT2D eigenvalue weighted by atomic mass is 10.0. The molecule has 0 atom stereocenters. The fraction of sp³-hybridized carbons (Fsp3) is 0.316. The molecule has 0 radical (unpaired) electrons. The molecule has 0 bridgehead atoms. The second-order valence-electron chi connectivity index (χ2n) is 6.43. The molecule has 2 aromatic rings. The Morgan fingerprint density at radius 1 is 1.26 bits per heavy atom. The fourth-order valence-electron chi connectivity index (χ4n) is 3.14. The number of nitrogens with zero attached hydrogens (tertiary/aromatic N) is 1. The van der Waals surface area contributed by atoms with Gasteiger partial charge in [-0.3, -0.25) is 4.79 Å². The third-order valence-electron chi connectivity index (χ3n) is 4.49. The van der Waals surface area contributed by atoms with Crippen molar-refractivity contribution in [2.75, 3.05) is 17.6 Å². The van der Waals surface area contributed by atoms with E-state index in [0.29, 0.717) is 25.1 Å². The van der Waals surface area contributed by atoms with Crippen LogP contribution < -0.4 is 5.32 Å². The highest BCUT2D eigenvalue weighted by atomic mass is 35.5. The molecule has 0 unspecified atom stereocenters. The van der Waals surface area contributed by atoms with Gasteiger partial charge in [-0.25, -0.2) is 12.8 Å². The van der Waals surface area contributed by atoms with Crippen molar-refractivity contribution in [3.05, 3.63) is 63.9 Å². The van der Waals surface area contributed by atoms with Crippen molar-refractivity contribution >= 4 is 33.2 Å². The first-order valence-electron chi connectivity index (χ1n) is 8.67. The summed E-state index contributed by atoms with van der Waals surface area (Å²) >= 11 is 5.93. The molecule has 0 saturated carbocycles. The maximum atomic E-state index is 13.9. The minimum absolute atomic E-state index is 0.0299. The molecule has 3 rings (SSSR count). The first-order chi connectivity index (χ1) is 12.8. The topological polar surface area (TPSA) is 66.5 Å². The van der Waals surface area contributed by atoms with Crippen LogP contribution in [0.25, 0.3) is 0 Å². The summed E-state index contributed by atoms with van der Waals surface area (Å²) in [7, 11) is -3.29. The Kier molecular flexibility index (Phi) is 5.83. The van der Waals surface area contributed by atoms with Crippen LogP contribution in [0.3, 0.4) is 0 Å². The largest absolute Gasteiger partial charge is 0.322 e. The van der Waals surface area contributed by atoms with Crippen LogP contribution in [-0.4, -0.2) is 30.9 Å². The van der Waals surface area contributed by atoms with Crippen LogP contribution in [0, 0.1) is 5.82 Å². The van der Waals surface area contributed by atoms with E-state index in [2.05, 4.69) is 5.32 Å². The van der Waals surface area contributed by atoms with Gasteiger partial charge >= 0.3 is 0 Å². The molecule has 27 heavy (non-hydrogen) atoms. The second kappa shape index (κ2) is 7.96. The number of anilines is 1. The lowest BCUT2D eigenvalue weighted by Gasteiger charge is -2.28. The van der Waals surface area contributed by atoms with Gasteiger partial charge in [-0.05, 0) is 48.2 Å². The molecule has 8 heteroatoms. The number of benzene rings is 2. The number of nitrogens with one attached hydrogen (secondary N) is 1. The molecule has 2 aromatic carbocycles. The Morgan fingerprint density at radius 3 is 2.74 bits per heavy atom. The van der Waals surface area contributed by atoms with Crippen LogP contribution in [0.1, 0.15) is 34.8 Å². The number of hydrogen-bond acceptors (Lipinski definition) is 3. The Balaban J connectivity index is 1.81. The van der Waals surface area contributed by atoms with E-state index in [0.717, 1.165) is 11.1 Å². The number of halogens is 2. The van der Waals surface area contributed by atoms with Gasteiger partial charge in [0, 0.05) is 18.8 Å². The molecule has 0 aromatic heterocycles. The number of carbonyl (C=O) groups excluding carboxylic acids is 1. The van der Waals surface area contributed by atoms with Gasteiger partial charge in [0.2, 0.25) is 10.0 Å². The van der Waals surface area contributed by atoms with Crippen molar-refractivity contribution in [2.24, 2.45) is 0 Å². The molecule has 1 aliphatic rings. The first kappa shape index (κ1) is 19.8. The van der Waals surface area contributed by atoms with Gasteiger partial charge in [0.1, 0.15) is 5.82 Å². The van der Waals surface area contributed by atoms with Crippen molar-refractivity contribution in [2.45, 2.75) is 26.3 Å². The van der Waals surface area contributed by atoms with E-state index >= 15 is 0 Å². The SMILES string of the molecule is CCCS(=O)(=O)N1CCc2ccc(NC(=O)c3c(F)cccc3Cl)cc2C1. The molecule has 0 aliphatic carbocycles. The molecule has 0 fully saturated rings. The lowest BCUT2D eigenvalue weighted by Crippen LogP contribution is -2.37. The Bertz CT molecular complexity index is 959. The monoisotopic (exact) mass is 410 g/mol. The van der Waals surface area contributed by atoms with Gasteiger partial charge in [0.05, 0.1) is 16.3 Å². The predicted octanol–water partition coefficient (Wildman–Crippen LogP) is 3.83. The van der Waals surface area contributed by atoms with E-state index in [1.807, 2.05) is 13.0 Å². The average molecular weight is 411 g/mol. The van der Waals surface area contributed by atoms with E-state index in [9.17, 15) is 17.6 Å². The van der Waals surface area contributed by atoms with E-state index in [1.54, 1.807) is 12.1 Å². The van der Waals surface area contributed by atoms with Gasteiger partial charge in [-0.1, -0.05) is 30.7 Å². The zero-order valence-electron chi connectivity index (χ0n) is 14.8. The highest BCUT2D eigenvalue weighted by Gasteiger charge is 2.26. The van der Waals surface area contributed by atoms with Crippen molar-refractivity contribution < 1.29 is 17.6 Å². The zero-order chi connectivity index (χ0) is 19.6. The van der Waals surface area contributed by atoms with Gasteiger partial charge < -0.3 is 5.32 Å². The summed E-state index contributed by atoms with van der Waals surface area (Å²) in [5, 5.41) is 2.67. The minimum Gasteiger partial charge on any atom is -0.322 e. The van der Waals surface area contributed by atoms with Crippen LogP contribution >= 0.6 is 11.6 Å². The molecule has 1 aliphatic heterocycles. The fourth-order valence-corrected chi connectivity index (χ4v) is 4.87.